The number of rotatable bonds is 0. The predicted octanol–water partition coefficient (Wildman–Crippen LogP) is 4.25. The summed E-state index contributed by atoms with van der Waals surface area (Å²) < 4.78 is 0. The molecule has 0 saturated heterocycles. The zero-order chi connectivity index (χ0) is 8.97. The van der Waals surface area contributed by atoms with Crippen molar-refractivity contribution in [2.24, 2.45) is 17.8 Å². The van der Waals surface area contributed by atoms with Crippen molar-refractivity contribution in [3.63, 3.8) is 0 Å². The van der Waals surface area contributed by atoms with Crippen LogP contribution in [0.1, 0.15) is 59.3 Å². The van der Waals surface area contributed by atoms with E-state index in [1.165, 1.54) is 38.5 Å². The number of hydrogen-bond acceptors (Lipinski definition) is 0. The minimum Gasteiger partial charge on any atom is -0.0625 e. The summed E-state index contributed by atoms with van der Waals surface area (Å²) in [5.74, 6) is 3.25. The van der Waals surface area contributed by atoms with Gasteiger partial charge in [-0.05, 0) is 17.8 Å². The van der Waals surface area contributed by atoms with E-state index in [1.807, 2.05) is 0 Å². The first-order valence-electron chi connectivity index (χ1n) is 5.68. The molecule has 0 aromatic rings. The largest absolute Gasteiger partial charge is 0.0625 e. The van der Waals surface area contributed by atoms with Crippen LogP contribution in [0.25, 0.3) is 0 Å². The van der Waals surface area contributed by atoms with Crippen molar-refractivity contribution in [1.29, 1.82) is 0 Å². The highest BCUT2D eigenvalue weighted by Crippen LogP contribution is 2.27. The molecule has 3 saturated carbocycles. The van der Waals surface area contributed by atoms with E-state index in [2.05, 4.69) is 20.8 Å². The summed E-state index contributed by atoms with van der Waals surface area (Å²) in [5.41, 5.74) is 0. The third-order valence-electron chi connectivity index (χ3n) is 2.60. The lowest BCUT2D eigenvalue weighted by molar-refractivity contribution is 0.983. The summed E-state index contributed by atoms with van der Waals surface area (Å²) >= 11 is 0. The summed E-state index contributed by atoms with van der Waals surface area (Å²) in [6.07, 6.45) is 8.92. The Bertz CT molecular complexity index is 81.4. The third-order valence-corrected chi connectivity index (χ3v) is 2.60. The van der Waals surface area contributed by atoms with Crippen molar-refractivity contribution in [1.82, 2.24) is 0 Å². The average molecular weight is 168 g/mol. The monoisotopic (exact) mass is 168 g/mol. The van der Waals surface area contributed by atoms with Gasteiger partial charge in [-0.3, -0.25) is 0 Å². The second-order valence-electron chi connectivity index (χ2n) is 5.05. The molecule has 0 aromatic carbocycles. The van der Waals surface area contributed by atoms with Crippen molar-refractivity contribution >= 4 is 0 Å². The van der Waals surface area contributed by atoms with Crippen molar-refractivity contribution in [2.45, 2.75) is 59.3 Å². The minimum atomic E-state index is 1.08. The lowest BCUT2D eigenvalue weighted by Gasteiger charge is -1.53. The molecule has 0 radical (unpaired) electrons. The summed E-state index contributed by atoms with van der Waals surface area (Å²) in [6, 6.07) is 0. The molecular formula is C12H24. The second kappa shape index (κ2) is 4.89. The zero-order valence-electron chi connectivity index (χ0n) is 8.97. The van der Waals surface area contributed by atoms with E-state index >= 15 is 0 Å². The fraction of sp³-hybridized carbons (Fsp3) is 1.00. The first-order valence-corrected chi connectivity index (χ1v) is 5.68. The molecule has 0 spiro atoms. The van der Waals surface area contributed by atoms with Gasteiger partial charge in [0.2, 0.25) is 0 Å². The van der Waals surface area contributed by atoms with Crippen LogP contribution >= 0.6 is 0 Å². The van der Waals surface area contributed by atoms with E-state index in [-0.39, 0.29) is 0 Å². The Morgan fingerprint density at radius 1 is 0.500 bits per heavy atom. The lowest BCUT2D eigenvalue weighted by Crippen LogP contribution is -1.42. The van der Waals surface area contributed by atoms with Gasteiger partial charge in [0.1, 0.15) is 0 Å². The topological polar surface area (TPSA) is 0 Å². The molecule has 3 aliphatic carbocycles. The van der Waals surface area contributed by atoms with Crippen LogP contribution in [0.5, 0.6) is 0 Å². The second-order valence-corrected chi connectivity index (χ2v) is 5.05. The molecule has 0 aromatic heterocycles. The maximum atomic E-state index is 2.28. The van der Waals surface area contributed by atoms with Crippen LogP contribution in [-0.2, 0) is 0 Å². The lowest BCUT2D eigenvalue weighted by atomic mass is 10.5. The molecule has 0 atom stereocenters. The van der Waals surface area contributed by atoms with E-state index in [9.17, 15) is 0 Å². The molecule has 3 fully saturated rings. The van der Waals surface area contributed by atoms with Crippen LogP contribution in [0.4, 0.5) is 0 Å². The van der Waals surface area contributed by atoms with Gasteiger partial charge in [-0.25, -0.2) is 0 Å². The van der Waals surface area contributed by atoms with Crippen LogP contribution < -0.4 is 0 Å². The quantitative estimate of drug-likeness (QED) is 0.507. The molecule has 72 valence electrons. The summed E-state index contributed by atoms with van der Waals surface area (Å²) in [5, 5.41) is 0. The maximum Gasteiger partial charge on any atom is -0.0443 e. The van der Waals surface area contributed by atoms with Crippen molar-refractivity contribution in [2.75, 3.05) is 0 Å². The van der Waals surface area contributed by atoms with E-state index in [4.69, 9.17) is 0 Å². The van der Waals surface area contributed by atoms with Gasteiger partial charge in [0.15, 0.2) is 0 Å². The van der Waals surface area contributed by atoms with Crippen LogP contribution in [0.15, 0.2) is 0 Å². The molecule has 0 unspecified atom stereocenters. The van der Waals surface area contributed by atoms with Crippen LogP contribution in [0, 0.1) is 17.8 Å². The molecular weight excluding hydrogens is 144 g/mol. The van der Waals surface area contributed by atoms with Crippen molar-refractivity contribution in [3.8, 4) is 0 Å². The highest BCUT2D eigenvalue weighted by atomic mass is 14.2. The Labute approximate surface area is 77.7 Å². The Morgan fingerprint density at radius 2 is 0.583 bits per heavy atom. The van der Waals surface area contributed by atoms with Crippen LogP contribution in [-0.4, -0.2) is 0 Å². The van der Waals surface area contributed by atoms with Gasteiger partial charge in [0, 0.05) is 0 Å². The molecule has 3 aliphatic rings. The molecule has 0 heterocycles. The van der Waals surface area contributed by atoms with E-state index in [0.717, 1.165) is 17.8 Å². The molecule has 0 amide bonds. The summed E-state index contributed by atoms with van der Waals surface area (Å²) in [4.78, 5) is 0. The highest BCUT2D eigenvalue weighted by Gasteiger charge is 2.13. The van der Waals surface area contributed by atoms with E-state index < -0.39 is 0 Å². The van der Waals surface area contributed by atoms with Gasteiger partial charge in [-0.2, -0.15) is 0 Å². The SMILES string of the molecule is CC1CC1.CC1CC1.CC1CC1. The molecule has 0 aliphatic heterocycles. The Kier molecular flexibility index (Phi) is 4.11. The molecule has 0 bridgehead atoms. The maximum absolute atomic E-state index is 2.28. The van der Waals surface area contributed by atoms with Gasteiger partial charge < -0.3 is 0 Å². The fourth-order valence-corrected chi connectivity index (χ4v) is 0.500. The molecule has 3 rings (SSSR count). The van der Waals surface area contributed by atoms with E-state index in [1.54, 1.807) is 0 Å². The Morgan fingerprint density at radius 3 is 0.583 bits per heavy atom. The van der Waals surface area contributed by atoms with E-state index in [0.29, 0.717) is 0 Å². The molecule has 0 N–H and O–H groups in total. The van der Waals surface area contributed by atoms with Crippen molar-refractivity contribution in [3.05, 3.63) is 0 Å². The minimum absolute atomic E-state index is 1.08. The van der Waals surface area contributed by atoms with Gasteiger partial charge in [0.25, 0.3) is 0 Å². The van der Waals surface area contributed by atoms with Gasteiger partial charge in [-0.15, -0.1) is 0 Å². The van der Waals surface area contributed by atoms with Crippen LogP contribution in [0.2, 0.25) is 0 Å². The average Bonchev–Trinajstić information content (AvgIpc) is 2.63. The third kappa shape index (κ3) is 10.0. The summed E-state index contributed by atoms with van der Waals surface area (Å²) in [6.45, 7) is 6.83. The van der Waals surface area contributed by atoms with Crippen LogP contribution in [0.3, 0.4) is 0 Å². The van der Waals surface area contributed by atoms with Gasteiger partial charge in [-0.1, -0.05) is 59.3 Å². The first kappa shape index (κ1) is 10.1. The Balaban J connectivity index is 0.0000000900. The fourth-order valence-electron chi connectivity index (χ4n) is 0.500. The smallest absolute Gasteiger partial charge is 0.0443 e. The molecule has 0 heteroatoms. The molecule has 0 nitrogen and oxygen atoms in total. The molecule has 12 heavy (non-hydrogen) atoms. The Hall–Kier alpha value is 0. The highest BCUT2D eigenvalue weighted by molar-refractivity contribution is 4.66. The van der Waals surface area contributed by atoms with Gasteiger partial charge in [0.05, 0.1) is 0 Å². The first-order chi connectivity index (χ1) is 5.68. The normalized spacial score (nSPS) is 26.2. The standard InChI is InChI=1S/3C4H8/c3*1-4-2-3-4/h3*4H,2-3H2,1H3. The zero-order valence-corrected chi connectivity index (χ0v) is 8.97. The van der Waals surface area contributed by atoms with Gasteiger partial charge >= 0.3 is 0 Å². The predicted molar refractivity (Wildman–Crippen MR) is 55.2 cm³/mol. The number of hydrogen-bond donors (Lipinski definition) is 0. The summed E-state index contributed by atoms with van der Waals surface area (Å²) in [7, 11) is 0. The van der Waals surface area contributed by atoms with Crippen molar-refractivity contribution < 1.29 is 0 Å².